The lowest BCUT2D eigenvalue weighted by atomic mass is 9.65. The van der Waals surface area contributed by atoms with E-state index >= 15 is 0 Å². The Morgan fingerprint density at radius 3 is 2.20 bits per heavy atom. The van der Waals surface area contributed by atoms with E-state index < -0.39 is 11.7 Å². The van der Waals surface area contributed by atoms with Gasteiger partial charge in [-0.2, -0.15) is 13.2 Å². The van der Waals surface area contributed by atoms with Crippen LogP contribution >= 0.6 is 0 Å². The number of hydrogen-bond donors (Lipinski definition) is 1. The second kappa shape index (κ2) is 5.56. The smallest absolute Gasteiger partial charge is 0.330 e. The number of hydrogen-bond acceptors (Lipinski definition) is 2. The molecule has 0 radical (unpaired) electrons. The molecule has 110 valence electrons. The second-order valence-corrected chi connectivity index (χ2v) is 5.64. The van der Waals surface area contributed by atoms with Crippen molar-refractivity contribution >= 4 is 5.78 Å². The molecular weight excluding hydrogens is 267 g/mol. The zero-order valence-corrected chi connectivity index (χ0v) is 11.2. The predicted octanol–water partition coefficient (Wildman–Crippen LogP) is 3.34. The van der Waals surface area contributed by atoms with Crippen LogP contribution in [0.2, 0.25) is 0 Å². The highest BCUT2D eigenvalue weighted by molar-refractivity contribution is 5.81. The largest absolute Gasteiger partial charge is 0.416 e. The van der Waals surface area contributed by atoms with Crippen LogP contribution in [0.15, 0.2) is 24.3 Å². The van der Waals surface area contributed by atoms with Crippen LogP contribution in [-0.2, 0) is 17.4 Å². The molecule has 1 aromatic carbocycles. The Labute approximate surface area is 116 Å². The molecule has 0 saturated heterocycles. The van der Waals surface area contributed by atoms with Crippen LogP contribution < -0.4 is 5.73 Å². The Kier molecular flexibility index (Phi) is 4.18. The number of ketones is 1. The van der Waals surface area contributed by atoms with Crippen molar-refractivity contribution in [3.8, 4) is 0 Å². The minimum absolute atomic E-state index is 0.0508. The molecule has 5 heteroatoms. The minimum atomic E-state index is -4.34. The lowest BCUT2D eigenvalue weighted by molar-refractivity contribution is -0.137. The van der Waals surface area contributed by atoms with Crippen LogP contribution in [0, 0.1) is 5.41 Å². The fraction of sp³-hybridized carbons (Fsp3) is 0.533. The molecule has 1 fully saturated rings. The van der Waals surface area contributed by atoms with Crippen LogP contribution in [0.4, 0.5) is 13.2 Å². The summed E-state index contributed by atoms with van der Waals surface area (Å²) in [7, 11) is 0. The zero-order valence-electron chi connectivity index (χ0n) is 11.2. The normalized spacial score (nSPS) is 17.6. The molecule has 0 atom stereocenters. The number of halogens is 3. The first kappa shape index (κ1) is 15.0. The van der Waals surface area contributed by atoms with Gasteiger partial charge in [0.25, 0.3) is 0 Å². The van der Waals surface area contributed by atoms with E-state index in [2.05, 4.69) is 0 Å². The maximum Gasteiger partial charge on any atom is 0.416 e. The number of alkyl halides is 3. The standard InChI is InChI=1S/C15H18F3NO/c16-15(17,18)12-4-2-11(3-5-12)8-13(20)9-14(10-19)6-1-7-14/h2-5H,1,6-10,19H2. The molecule has 1 aliphatic carbocycles. The Hall–Kier alpha value is -1.36. The Bertz CT molecular complexity index is 469. The van der Waals surface area contributed by atoms with Crippen molar-refractivity contribution in [1.82, 2.24) is 0 Å². The van der Waals surface area contributed by atoms with Crippen molar-refractivity contribution in [2.45, 2.75) is 38.3 Å². The highest BCUT2D eigenvalue weighted by atomic mass is 19.4. The van der Waals surface area contributed by atoms with E-state index in [-0.39, 0.29) is 17.6 Å². The minimum Gasteiger partial charge on any atom is -0.330 e. The van der Waals surface area contributed by atoms with E-state index in [9.17, 15) is 18.0 Å². The SMILES string of the molecule is NCC1(CC(=O)Cc2ccc(C(F)(F)F)cc2)CCC1. The van der Waals surface area contributed by atoms with E-state index in [0.717, 1.165) is 31.4 Å². The number of benzene rings is 1. The van der Waals surface area contributed by atoms with E-state index in [1.165, 1.54) is 12.1 Å². The maximum absolute atomic E-state index is 12.4. The van der Waals surface area contributed by atoms with Gasteiger partial charge < -0.3 is 5.73 Å². The molecule has 20 heavy (non-hydrogen) atoms. The summed E-state index contributed by atoms with van der Waals surface area (Å²) in [5, 5.41) is 0. The molecule has 0 aromatic heterocycles. The van der Waals surface area contributed by atoms with Gasteiger partial charge in [0.1, 0.15) is 5.78 Å². The van der Waals surface area contributed by atoms with Gasteiger partial charge in [-0.25, -0.2) is 0 Å². The first-order chi connectivity index (χ1) is 9.35. The lowest BCUT2D eigenvalue weighted by Gasteiger charge is -2.40. The quantitative estimate of drug-likeness (QED) is 0.901. The van der Waals surface area contributed by atoms with Crippen LogP contribution in [-0.4, -0.2) is 12.3 Å². The average molecular weight is 285 g/mol. The fourth-order valence-corrected chi connectivity index (χ4v) is 2.65. The Morgan fingerprint density at radius 1 is 1.20 bits per heavy atom. The molecule has 0 unspecified atom stereocenters. The third-order valence-electron chi connectivity index (χ3n) is 4.10. The van der Waals surface area contributed by atoms with Gasteiger partial charge in [0.05, 0.1) is 5.56 Å². The van der Waals surface area contributed by atoms with E-state index in [1.807, 2.05) is 0 Å². The van der Waals surface area contributed by atoms with Gasteiger partial charge in [-0.3, -0.25) is 4.79 Å². The van der Waals surface area contributed by atoms with Crippen molar-refractivity contribution < 1.29 is 18.0 Å². The van der Waals surface area contributed by atoms with Crippen molar-refractivity contribution in [3.63, 3.8) is 0 Å². The lowest BCUT2D eigenvalue weighted by Crippen LogP contribution is -2.39. The van der Waals surface area contributed by atoms with Crippen molar-refractivity contribution in [3.05, 3.63) is 35.4 Å². The highest BCUT2D eigenvalue weighted by Gasteiger charge is 2.37. The highest BCUT2D eigenvalue weighted by Crippen LogP contribution is 2.43. The van der Waals surface area contributed by atoms with Gasteiger partial charge in [0.15, 0.2) is 0 Å². The second-order valence-electron chi connectivity index (χ2n) is 5.64. The maximum atomic E-state index is 12.4. The van der Waals surface area contributed by atoms with Crippen molar-refractivity contribution in [2.75, 3.05) is 6.54 Å². The summed E-state index contributed by atoms with van der Waals surface area (Å²) in [5.74, 6) is 0.0508. The van der Waals surface area contributed by atoms with Crippen LogP contribution in [0.3, 0.4) is 0 Å². The molecular formula is C15H18F3NO. The molecule has 1 aromatic rings. The number of carbonyl (C=O) groups is 1. The molecule has 0 bridgehead atoms. The summed E-state index contributed by atoms with van der Waals surface area (Å²) in [5.41, 5.74) is 5.58. The van der Waals surface area contributed by atoms with E-state index in [1.54, 1.807) is 0 Å². The Morgan fingerprint density at radius 2 is 1.80 bits per heavy atom. The number of rotatable bonds is 5. The van der Waals surface area contributed by atoms with Gasteiger partial charge in [-0.1, -0.05) is 18.6 Å². The number of carbonyl (C=O) groups excluding carboxylic acids is 1. The molecule has 0 aliphatic heterocycles. The first-order valence-corrected chi connectivity index (χ1v) is 6.73. The zero-order chi connectivity index (χ0) is 14.8. The Balaban J connectivity index is 1.95. The first-order valence-electron chi connectivity index (χ1n) is 6.73. The summed E-state index contributed by atoms with van der Waals surface area (Å²) in [6.07, 6.45) is -0.669. The third-order valence-corrected chi connectivity index (χ3v) is 4.10. The number of Topliss-reactive ketones (excluding diaryl/α,β-unsaturated/α-hetero) is 1. The van der Waals surface area contributed by atoms with Crippen molar-refractivity contribution in [2.24, 2.45) is 11.1 Å². The molecule has 1 saturated carbocycles. The topological polar surface area (TPSA) is 43.1 Å². The van der Waals surface area contributed by atoms with Crippen LogP contribution in [0.25, 0.3) is 0 Å². The molecule has 2 N–H and O–H groups in total. The summed E-state index contributed by atoms with van der Waals surface area (Å²) >= 11 is 0. The van der Waals surface area contributed by atoms with Crippen LogP contribution in [0.1, 0.15) is 36.8 Å². The van der Waals surface area contributed by atoms with E-state index in [0.29, 0.717) is 18.5 Å². The summed E-state index contributed by atoms with van der Waals surface area (Å²) < 4.78 is 37.3. The van der Waals surface area contributed by atoms with Crippen molar-refractivity contribution in [1.29, 1.82) is 0 Å². The molecule has 2 rings (SSSR count). The average Bonchev–Trinajstić information content (AvgIpc) is 2.33. The van der Waals surface area contributed by atoms with Gasteiger partial charge in [0.2, 0.25) is 0 Å². The molecule has 0 heterocycles. The predicted molar refractivity (Wildman–Crippen MR) is 70.1 cm³/mol. The summed E-state index contributed by atoms with van der Waals surface area (Å²) in [6.45, 7) is 0.506. The summed E-state index contributed by atoms with van der Waals surface area (Å²) in [6, 6.07) is 4.78. The molecule has 2 nitrogen and oxygen atoms in total. The summed E-state index contributed by atoms with van der Waals surface area (Å²) in [4.78, 5) is 12.0. The van der Waals surface area contributed by atoms with E-state index in [4.69, 9.17) is 5.73 Å². The van der Waals surface area contributed by atoms with Crippen LogP contribution in [0.5, 0.6) is 0 Å². The molecule has 1 aliphatic rings. The van der Waals surface area contributed by atoms with Gasteiger partial charge in [-0.05, 0) is 42.5 Å². The fourth-order valence-electron chi connectivity index (χ4n) is 2.65. The van der Waals surface area contributed by atoms with Gasteiger partial charge in [0, 0.05) is 12.8 Å². The monoisotopic (exact) mass is 285 g/mol. The number of nitrogens with two attached hydrogens (primary N) is 1. The van der Waals surface area contributed by atoms with Gasteiger partial charge in [-0.15, -0.1) is 0 Å². The van der Waals surface area contributed by atoms with Gasteiger partial charge >= 0.3 is 6.18 Å². The molecule has 0 spiro atoms. The third kappa shape index (κ3) is 3.39. The molecule has 0 amide bonds.